The van der Waals surface area contributed by atoms with Crippen molar-refractivity contribution in [2.24, 2.45) is 0 Å². The Morgan fingerprint density at radius 3 is 2.61 bits per heavy atom. The molecule has 0 unspecified atom stereocenters. The summed E-state index contributed by atoms with van der Waals surface area (Å²) in [4.78, 5) is 9.31. The van der Waals surface area contributed by atoms with Crippen molar-refractivity contribution in [1.29, 1.82) is 0 Å². The van der Waals surface area contributed by atoms with Crippen LogP contribution in [0.1, 0.15) is 17.0 Å². The molecular formula is C18H17ClN4. The molecule has 4 rings (SSSR count). The fraction of sp³-hybridized carbons (Fsp3) is 0.167. The third-order valence-electron chi connectivity index (χ3n) is 4.05. The van der Waals surface area contributed by atoms with E-state index >= 15 is 0 Å². The molecule has 0 bridgehead atoms. The van der Waals surface area contributed by atoms with E-state index in [1.54, 1.807) is 0 Å². The molecular weight excluding hydrogens is 308 g/mol. The molecule has 0 aliphatic heterocycles. The minimum absolute atomic E-state index is 0. The van der Waals surface area contributed by atoms with Gasteiger partial charge >= 0.3 is 0 Å². The summed E-state index contributed by atoms with van der Waals surface area (Å²) in [6.45, 7) is 6.15. The normalized spacial score (nSPS) is 10.9. The number of aryl methyl sites for hydroxylation is 3. The van der Waals surface area contributed by atoms with E-state index in [1.807, 2.05) is 41.9 Å². The van der Waals surface area contributed by atoms with Crippen molar-refractivity contribution < 1.29 is 0 Å². The first-order valence-corrected chi connectivity index (χ1v) is 7.32. The number of fused-ring (bicyclic) bond motifs is 2. The van der Waals surface area contributed by atoms with Gasteiger partial charge < -0.3 is 0 Å². The van der Waals surface area contributed by atoms with Gasteiger partial charge in [0.2, 0.25) is 0 Å². The Bertz CT molecular complexity index is 1020. The Hall–Kier alpha value is -2.46. The van der Waals surface area contributed by atoms with E-state index in [1.165, 1.54) is 10.9 Å². The summed E-state index contributed by atoms with van der Waals surface area (Å²) < 4.78 is 1.89. The van der Waals surface area contributed by atoms with Gasteiger partial charge in [0, 0.05) is 23.2 Å². The Morgan fingerprint density at radius 2 is 1.78 bits per heavy atom. The second kappa shape index (κ2) is 5.63. The van der Waals surface area contributed by atoms with E-state index in [0.717, 1.165) is 33.8 Å². The van der Waals surface area contributed by atoms with Gasteiger partial charge in [0.15, 0.2) is 5.65 Å². The molecule has 23 heavy (non-hydrogen) atoms. The molecule has 116 valence electrons. The average Bonchev–Trinajstić information content (AvgIpc) is 2.89. The van der Waals surface area contributed by atoms with Crippen molar-refractivity contribution in [3.63, 3.8) is 0 Å². The van der Waals surface area contributed by atoms with Crippen LogP contribution < -0.4 is 0 Å². The molecule has 5 heteroatoms. The summed E-state index contributed by atoms with van der Waals surface area (Å²) >= 11 is 0. The van der Waals surface area contributed by atoms with Crippen LogP contribution in [0.3, 0.4) is 0 Å². The lowest BCUT2D eigenvalue weighted by Crippen LogP contribution is -2.00. The number of para-hydroxylation sites is 1. The van der Waals surface area contributed by atoms with Crippen LogP contribution in [0.15, 0.2) is 42.6 Å². The van der Waals surface area contributed by atoms with Crippen molar-refractivity contribution in [3.8, 4) is 11.3 Å². The second-order valence-electron chi connectivity index (χ2n) is 5.65. The lowest BCUT2D eigenvalue weighted by Gasteiger charge is -2.09. The molecule has 0 aliphatic carbocycles. The van der Waals surface area contributed by atoms with Crippen LogP contribution >= 0.6 is 12.4 Å². The number of aromatic nitrogens is 4. The van der Waals surface area contributed by atoms with Gasteiger partial charge in [-0.05, 0) is 38.5 Å². The first-order valence-electron chi connectivity index (χ1n) is 7.32. The third-order valence-corrected chi connectivity index (χ3v) is 4.05. The monoisotopic (exact) mass is 324 g/mol. The van der Waals surface area contributed by atoms with E-state index in [9.17, 15) is 0 Å². The number of pyridine rings is 1. The van der Waals surface area contributed by atoms with Crippen LogP contribution in [-0.2, 0) is 0 Å². The van der Waals surface area contributed by atoms with Gasteiger partial charge in [-0.25, -0.2) is 14.5 Å². The topological polar surface area (TPSA) is 43.1 Å². The van der Waals surface area contributed by atoms with Crippen molar-refractivity contribution in [2.45, 2.75) is 20.8 Å². The molecule has 0 N–H and O–H groups in total. The lowest BCUT2D eigenvalue weighted by atomic mass is 10.1. The summed E-state index contributed by atoms with van der Waals surface area (Å²) in [5, 5.41) is 5.70. The standard InChI is InChI=1S/C18H16N4.ClH/c1-11-8-17(20-16-7-5-4-6-14(11)16)15-10-19-18-9-12(2)21-22(18)13(15)3;/h4-10H,1-3H3;1H. The van der Waals surface area contributed by atoms with E-state index in [-0.39, 0.29) is 12.4 Å². The van der Waals surface area contributed by atoms with Crippen LogP contribution in [0.5, 0.6) is 0 Å². The van der Waals surface area contributed by atoms with E-state index in [4.69, 9.17) is 4.98 Å². The number of hydrogen-bond acceptors (Lipinski definition) is 3. The van der Waals surface area contributed by atoms with Crippen LogP contribution in [0, 0.1) is 20.8 Å². The maximum Gasteiger partial charge on any atom is 0.155 e. The smallest absolute Gasteiger partial charge is 0.155 e. The molecule has 0 amide bonds. The SMILES string of the molecule is Cc1cc2ncc(-c3cc(C)c4ccccc4n3)c(C)n2n1.Cl. The first kappa shape index (κ1) is 15.4. The van der Waals surface area contributed by atoms with E-state index in [0.29, 0.717) is 0 Å². The maximum atomic E-state index is 4.80. The zero-order valence-corrected chi connectivity index (χ0v) is 14.1. The molecule has 3 heterocycles. The minimum Gasteiger partial charge on any atom is -0.248 e. The molecule has 1 aromatic carbocycles. The molecule has 3 aromatic heterocycles. The predicted octanol–water partition coefficient (Wildman–Crippen LogP) is 4.29. The number of nitrogens with zero attached hydrogens (tertiary/aromatic N) is 4. The lowest BCUT2D eigenvalue weighted by molar-refractivity contribution is 0.879. The van der Waals surface area contributed by atoms with Gasteiger partial charge in [-0.15, -0.1) is 12.4 Å². The third kappa shape index (κ3) is 2.45. The van der Waals surface area contributed by atoms with Crippen LogP contribution in [0.25, 0.3) is 27.8 Å². The summed E-state index contributed by atoms with van der Waals surface area (Å²) in [5.41, 5.74) is 7.08. The molecule has 0 aliphatic rings. The quantitative estimate of drug-likeness (QED) is 0.524. The molecule has 4 aromatic rings. The van der Waals surface area contributed by atoms with Gasteiger partial charge in [0.25, 0.3) is 0 Å². The minimum atomic E-state index is 0. The summed E-state index contributed by atoms with van der Waals surface area (Å²) in [6.07, 6.45) is 1.89. The fourth-order valence-electron chi connectivity index (χ4n) is 2.90. The zero-order valence-electron chi connectivity index (χ0n) is 13.2. The Morgan fingerprint density at radius 1 is 1.00 bits per heavy atom. The van der Waals surface area contributed by atoms with Crippen molar-refractivity contribution in [3.05, 3.63) is 59.5 Å². The molecule has 0 fully saturated rings. The van der Waals surface area contributed by atoms with Crippen LogP contribution in [0.2, 0.25) is 0 Å². The summed E-state index contributed by atoms with van der Waals surface area (Å²) in [6, 6.07) is 12.3. The van der Waals surface area contributed by atoms with Gasteiger partial charge in [0.1, 0.15) is 0 Å². The largest absolute Gasteiger partial charge is 0.248 e. The van der Waals surface area contributed by atoms with E-state index in [2.05, 4.69) is 36.1 Å². The highest BCUT2D eigenvalue weighted by molar-refractivity contribution is 5.85. The van der Waals surface area contributed by atoms with Crippen molar-refractivity contribution in [2.75, 3.05) is 0 Å². The number of rotatable bonds is 1. The van der Waals surface area contributed by atoms with Crippen LogP contribution in [0.4, 0.5) is 0 Å². The Labute approximate surface area is 140 Å². The van der Waals surface area contributed by atoms with Gasteiger partial charge in [-0.1, -0.05) is 18.2 Å². The molecule has 0 atom stereocenters. The van der Waals surface area contributed by atoms with Crippen molar-refractivity contribution >= 4 is 29.0 Å². The number of benzene rings is 1. The Balaban J connectivity index is 0.00000156. The van der Waals surface area contributed by atoms with E-state index < -0.39 is 0 Å². The summed E-state index contributed by atoms with van der Waals surface area (Å²) in [5.74, 6) is 0. The fourth-order valence-corrected chi connectivity index (χ4v) is 2.90. The second-order valence-corrected chi connectivity index (χ2v) is 5.65. The number of halogens is 1. The van der Waals surface area contributed by atoms with Crippen molar-refractivity contribution in [1.82, 2.24) is 19.6 Å². The number of hydrogen-bond donors (Lipinski definition) is 0. The maximum absolute atomic E-state index is 4.80. The highest BCUT2D eigenvalue weighted by Crippen LogP contribution is 2.26. The highest BCUT2D eigenvalue weighted by Gasteiger charge is 2.11. The molecule has 0 saturated heterocycles. The highest BCUT2D eigenvalue weighted by atomic mass is 35.5. The molecule has 0 spiro atoms. The average molecular weight is 325 g/mol. The molecule has 4 nitrogen and oxygen atoms in total. The van der Waals surface area contributed by atoms with Gasteiger partial charge in [-0.3, -0.25) is 0 Å². The predicted molar refractivity (Wildman–Crippen MR) is 95.2 cm³/mol. The van der Waals surface area contributed by atoms with Crippen LogP contribution in [-0.4, -0.2) is 19.6 Å². The Kier molecular flexibility index (Phi) is 3.78. The molecule has 0 saturated carbocycles. The van der Waals surface area contributed by atoms with Gasteiger partial charge in [0.05, 0.1) is 22.6 Å². The summed E-state index contributed by atoms with van der Waals surface area (Å²) in [7, 11) is 0. The first-order chi connectivity index (χ1) is 10.6. The zero-order chi connectivity index (χ0) is 15.3. The molecule has 0 radical (unpaired) electrons. The van der Waals surface area contributed by atoms with Gasteiger partial charge in [-0.2, -0.15) is 5.10 Å².